The Morgan fingerprint density at radius 2 is 2.33 bits per heavy atom. The van der Waals surface area contributed by atoms with Crippen LogP contribution in [0.25, 0.3) is 0 Å². The number of carbonyl (C=O) groups is 1. The van der Waals surface area contributed by atoms with Crippen molar-refractivity contribution in [2.45, 2.75) is 25.2 Å². The van der Waals surface area contributed by atoms with Gasteiger partial charge >= 0.3 is 0 Å². The number of hydrogen-bond donors (Lipinski definition) is 1. The van der Waals surface area contributed by atoms with E-state index in [2.05, 4.69) is 5.32 Å². The van der Waals surface area contributed by atoms with Crippen molar-refractivity contribution in [2.75, 3.05) is 26.2 Å². The molecule has 0 spiro atoms. The van der Waals surface area contributed by atoms with E-state index in [1.807, 2.05) is 4.90 Å². The zero-order valence-electron chi connectivity index (χ0n) is 8.64. The summed E-state index contributed by atoms with van der Waals surface area (Å²) >= 11 is 0. The van der Waals surface area contributed by atoms with Crippen molar-refractivity contribution >= 4 is 5.91 Å². The molecule has 86 valence electrons. The van der Waals surface area contributed by atoms with Gasteiger partial charge < -0.3 is 5.32 Å². The molecule has 3 nitrogen and oxygen atoms in total. The van der Waals surface area contributed by atoms with E-state index >= 15 is 0 Å². The molecule has 2 rings (SSSR count). The van der Waals surface area contributed by atoms with E-state index in [1.54, 1.807) is 0 Å². The van der Waals surface area contributed by atoms with Crippen LogP contribution in [0.15, 0.2) is 0 Å². The Balaban J connectivity index is 1.88. The van der Waals surface area contributed by atoms with Gasteiger partial charge in [0.2, 0.25) is 5.91 Å². The second kappa shape index (κ2) is 4.04. The molecule has 5 heteroatoms. The lowest BCUT2D eigenvalue weighted by atomic mass is 10.0. The Kier molecular flexibility index (Phi) is 2.91. The summed E-state index contributed by atoms with van der Waals surface area (Å²) < 4.78 is 26.7. The average Bonchev–Trinajstić information content (AvgIpc) is 2.46. The number of carbonyl (C=O) groups excluding carboxylic acids is 1. The molecule has 0 unspecified atom stereocenters. The number of alkyl halides is 2. The van der Waals surface area contributed by atoms with E-state index in [4.69, 9.17) is 0 Å². The Hall–Kier alpha value is -0.710. The average molecular weight is 218 g/mol. The van der Waals surface area contributed by atoms with Crippen molar-refractivity contribution in [3.8, 4) is 0 Å². The number of hydrogen-bond acceptors (Lipinski definition) is 2. The molecule has 2 fully saturated rings. The van der Waals surface area contributed by atoms with Crippen LogP contribution in [0.1, 0.15) is 19.3 Å². The van der Waals surface area contributed by atoms with E-state index in [9.17, 15) is 13.6 Å². The van der Waals surface area contributed by atoms with Gasteiger partial charge in [-0.15, -0.1) is 0 Å². The number of amides is 1. The van der Waals surface area contributed by atoms with Gasteiger partial charge in [0.1, 0.15) is 0 Å². The Morgan fingerprint density at radius 3 is 2.93 bits per heavy atom. The molecule has 0 aromatic heterocycles. The highest BCUT2D eigenvalue weighted by Gasteiger charge is 2.44. The maximum absolute atomic E-state index is 13.3. The smallest absolute Gasteiger partial charge is 0.252 e. The van der Waals surface area contributed by atoms with Crippen LogP contribution in [0, 0.1) is 5.92 Å². The molecule has 2 aliphatic rings. The fraction of sp³-hybridized carbons (Fsp3) is 0.900. The lowest BCUT2D eigenvalue weighted by Crippen LogP contribution is -2.50. The molecule has 1 saturated carbocycles. The van der Waals surface area contributed by atoms with Gasteiger partial charge in [-0.2, -0.15) is 0 Å². The number of nitrogens with one attached hydrogen (secondary N) is 1. The van der Waals surface area contributed by atoms with Crippen LogP contribution in [0.4, 0.5) is 8.78 Å². The van der Waals surface area contributed by atoms with Crippen LogP contribution in [-0.4, -0.2) is 42.9 Å². The zero-order chi connectivity index (χ0) is 10.9. The van der Waals surface area contributed by atoms with Gasteiger partial charge in [0.15, 0.2) is 0 Å². The highest BCUT2D eigenvalue weighted by atomic mass is 19.3. The van der Waals surface area contributed by atoms with Crippen LogP contribution in [0.5, 0.6) is 0 Å². The van der Waals surface area contributed by atoms with E-state index in [0.717, 1.165) is 0 Å². The van der Waals surface area contributed by atoms with Gasteiger partial charge in [-0.3, -0.25) is 9.69 Å². The van der Waals surface area contributed by atoms with Gasteiger partial charge in [0.25, 0.3) is 5.92 Å². The zero-order valence-corrected chi connectivity index (χ0v) is 8.64. The molecule has 0 aromatic rings. The van der Waals surface area contributed by atoms with Crippen molar-refractivity contribution in [1.82, 2.24) is 10.2 Å². The van der Waals surface area contributed by atoms with Crippen molar-refractivity contribution in [1.29, 1.82) is 0 Å². The molecular weight excluding hydrogens is 202 g/mol. The molecule has 1 amide bonds. The predicted molar refractivity (Wildman–Crippen MR) is 51.7 cm³/mol. The first kappa shape index (κ1) is 10.8. The minimum atomic E-state index is -2.52. The molecule has 1 saturated heterocycles. The fourth-order valence-electron chi connectivity index (χ4n) is 2.38. The van der Waals surface area contributed by atoms with Gasteiger partial charge in [-0.05, 0) is 12.8 Å². The van der Waals surface area contributed by atoms with E-state index in [0.29, 0.717) is 32.5 Å². The molecule has 0 aromatic carbocycles. The van der Waals surface area contributed by atoms with Crippen molar-refractivity contribution in [3.63, 3.8) is 0 Å². The molecule has 1 heterocycles. The normalized spacial score (nSPS) is 31.6. The second-order valence-corrected chi connectivity index (χ2v) is 4.44. The first-order valence-electron chi connectivity index (χ1n) is 5.45. The lowest BCUT2D eigenvalue weighted by molar-refractivity contribution is -0.125. The molecule has 15 heavy (non-hydrogen) atoms. The van der Waals surface area contributed by atoms with Crippen molar-refractivity contribution < 1.29 is 13.6 Å². The molecular formula is C10H16F2N2O. The summed E-state index contributed by atoms with van der Waals surface area (Å²) in [6, 6.07) is 0. The number of nitrogens with zero attached hydrogens (tertiary/aromatic N) is 1. The Bertz CT molecular complexity index is 258. The number of rotatable bonds is 2. The third kappa shape index (κ3) is 2.45. The lowest BCUT2D eigenvalue weighted by Gasteiger charge is -2.30. The van der Waals surface area contributed by atoms with Gasteiger partial charge in [-0.1, -0.05) is 0 Å². The van der Waals surface area contributed by atoms with Gasteiger partial charge in [-0.25, -0.2) is 8.78 Å². The van der Waals surface area contributed by atoms with Gasteiger partial charge in [0.05, 0.1) is 6.54 Å². The summed E-state index contributed by atoms with van der Waals surface area (Å²) in [5, 5.41) is 2.69. The van der Waals surface area contributed by atoms with Crippen LogP contribution in [-0.2, 0) is 4.79 Å². The highest BCUT2D eigenvalue weighted by molar-refractivity contribution is 5.78. The van der Waals surface area contributed by atoms with Gasteiger partial charge in [0, 0.05) is 32.0 Å². The summed E-state index contributed by atoms with van der Waals surface area (Å²) in [6.07, 6.45) is 1.21. The molecule has 1 aliphatic heterocycles. The van der Waals surface area contributed by atoms with Crippen molar-refractivity contribution in [2.24, 2.45) is 5.92 Å². The topological polar surface area (TPSA) is 32.3 Å². The monoisotopic (exact) mass is 218 g/mol. The Labute approximate surface area is 87.8 Å². The molecule has 1 atom stereocenters. The number of halogens is 2. The Morgan fingerprint density at radius 1 is 1.53 bits per heavy atom. The second-order valence-electron chi connectivity index (χ2n) is 4.44. The minimum Gasteiger partial charge on any atom is -0.354 e. The van der Waals surface area contributed by atoms with Crippen LogP contribution < -0.4 is 5.32 Å². The largest absolute Gasteiger partial charge is 0.354 e. The molecule has 1 aliphatic carbocycles. The first-order chi connectivity index (χ1) is 7.08. The summed E-state index contributed by atoms with van der Waals surface area (Å²) in [6.45, 7) is 1.91. The third-order valence-corrected chi connectivity index (χ3v) is 3.26. The third-order valence-electron chi connectivity index (χ3n) is 3.26. The SMILES string of the molecule is O=C1CN(C[C@H]2CCCC2(F)F)CCN1. The standard InChI is InChI=1S/C10H16F2N2O/c11-10(12)3-1-2-8(10)6-14-5-4-13-9(15)7-14/h8H,1-7H2,(H,13,15)/t8-/m1/s1. The minimum absolute atomic E-state index is 0.0116. The van der Waals surface area contributed by atoms with E-state index in [-0.39, 0.29) is 18.9 Å². The van der Waals surface area contributed by atoms with Crippen LogP contribution in [0.3, 0.4) is 0 Å². The summed E-state index contributed by atoms with van der Waals surface area (Å²) in [5.74, 6) is -3.13. The summed E-state index contributed by atoms with van der Waals surface area (Å²) in [7, 11) is 0. The first-order valence-corrected chi connectivity index (χ1v) is 5.45. The fourth-order valence-corrected chi connectivity index (χ4v) is 2.38. The van der Waals surface area contributed by atoms with E-state index in [1.165, 1.54) is 0 Å². The predicted octanol–water partition coefficient (Wildman–Crippen LogP) is 0.854. The van der Waals surface area contributed by atoms with E-state index < -0.39 is 11.8 Å². The highest BCUT2D eigenvalue weighted by Crippen LogP contribution is 2.40. The molecule has 1 N–H and O–H groups in total. The van der Waals surface area contributed by atoms with Crippen LogP contribution >= 0.6 is 0 Å². The summed E-state index contributed by atoms with van der Waals surface area (Å²) in [4.78, 5) is 12.9. The number of piperazine rings is 1. The van der Waals surface area contributed by atoms with Crippen molar-refractivity contribution in [3.05, 3.63) is 0 Å². The molecule has 0 bridgehead atoms. The maximum atomic E-state index is 13.3. The quantitative estimate of drug-likeness (QED) is 0.745. The van der Waals surface area contributed by atoms with Crippen LogP contribution in [0.2, 0.25) is 0 Å². The summed E-state index contributed by atoms with van der Waals surface area (Å²) in [5.41, 5.74) is 0. The molecule has 0 radical (unpaired) electrons. The maximum Gasteiger partial charge on any atom is 0.252 e.